The van der Waals surface area contributed by atoms with Crippen LogP contribution in [0.1, 0.15) is 38.2 Å². The molecule has 1 heterocycles. The summed E-state index contributed by atoms with van der Waals surface area (Å²) in [6.07, 6.45) is 5.00. The lowest BCUT2D eigenvalue weighted by Gasteiger charge is -2.17. The molecule has 1 aromatic carbocycles. The van der Waals surface area contributed by atoms with E-state index in [2.05, 4.69) is 11.9 Å². The molecule has 1 aromatic heterocycles. The van der Waals surface area contributed by atoms with Gasteiger partial charge in [0.2, 0.25) is 0 Å². The highest BCUT2D eigenvalue weighted by Crippen LogP contribution is 2.20. The number of aliphatic hydroxyl groups is 2. The molecule has 3 nitrogen and oxygen atoms in total. The fourth-order valence-electron chi connectivity index (χ4n) is 2.46. The molecule has 3 N–H and O–H groups in total. The van der Waals surface area contributed by atoms with Gasteiger partial charge in [-0.15, -0.1) is 0 Å². The summed E-state index contributed by atoms with van der Waals surface area (Å²) < 4.78 is 0. The Kier molecular flexibility index (Phi) is 5.00. The number of aliphatic hydroxyl groups excluding tert-OH is 2. The minimum atomic E-state index is -0.684. The van der Waals surface area contributed by atoms with Crippen LogP contribution < -0.4 is 0 Å². The Morgan fingerprint density at radius 2 is 1.89 bits per heavy atom. The van der Waals surface area contributed by atoms with E-state index in [9.17, 15) is 10.2 Å². The van der Waals surface area contributed by atoms with E-state index in [0.29, 0.717) is 12.8 Å². The van der Waals surface area contributed by atoms with Gasteiger partial charge in [0.15, 0.2) is 0 Å². The second-order valence-electron chi connectivity index (χ2n) is 5.19. The van der Waals surface area contributed by atoms with E-state index in [1.807, 2.05) is 30.5 Å². The van der Waals surface area contributed by atoms with E-state index >= 15 is 0 Å². The fourth-order valence-corrected chi connectivity index (χ4v) is 2.46. The summed E-state index contributed by atoms with van der Waals surface area (Å²) in [6.45, 7) is 2.13. The summed E-state index contributed by atoms with van der Waals surface area (Å²) in [5.74, 6) is 0. The van der Waals surface area contributed by atoms with Crippen LogP contribution >= 0.6 is 0 Å². The first-order chi connectivity index (χ1) is 9.22. The Balaban J connectivity index is 1.96. The van der Waals surface area contributed by atoms with Crippen molar-refractivity contribution in [2.75, 3.05) is 0 Å². The molecule has 2 aromatic rings. The zero-order valence-corrected chi connectivity index (χ0v) is 11.5. The molecule has 0 aliphatic carbocycles. The van der Waals surface area contributed by atoms with E-state index in [1.54, 1.807) is 0 Å². The zero-order valence-electron chi connectivity index (χ0n) is 11.5. The first-order valence-corrected chi connectivity index (χ1v) is 7.13. The first-order valence-electron chi connectivity index (χ1n) is 7.13. The average molecular weight is 261 g/mol. The van der Waals surface area contributed by atoms with Gasteiger partial charge in [-0.1, -0.05) is 44.4 Å². The molecule has 0 aliphatic heterocycles. The number of aromatic amines is 1. The maximum atomic E-state index is 10.1. The van der Waals surface area contributed by atoms with E-state index < -0.39 is 12.2 Å². The molecule has 19 heavy (non-hydrogen) atoms. The Bertz CT molecular complexity index is 506. The van der Waals surface area contributed by atoms with Crippen molar-refractivity contribution in [1.29, 1.82) is 0 Å². The smallest absolute Gasteiger partial charge is 0.0840 e. The molecule has 0 saturated heterocycles. The van der Waals surface area contributed by atoms with Gasteiger partial charge in [-0.3, -0.25) is 0 Å². The number of nitrogens with one attached hydrogen (secondary N) is 1. The number of para-hydroxylation sites is 1. The highest BCUT2D eigenvalue weighted by Gasteiger charge is 2.17. The molecule has 0 amide bonds. The Morgan fingerprint density at radius 3 is 2.68 bits per heavy atom. The predicted octanol–water partition coefficient (Wildman–Crippen LogP) is 3.01. The SMILES string of the molecule is CCCCCC(O)C(O)Cc1c[nH]c2ccccc12. The van der Waals surface area contributed by atoms with Crippen molar-refractivity contribution in [1.82, 2.24) is 4.98 Å². The number of H-pyrrole nitrogens is 1. The molecule has 0 aliphatic rings. The van der Waals surface area contributed by atoms with Crippen LogP contribution in [-0.2, 0) is 6.42 Å². The topological polar surface area (TPSA) is 56.2 Å². The van der Waals surface area contributed by atoms with E-state index in [0.717, 1.165) is 35.7 Å². The standard InChI is InChI=1S/C16H23NO2/c1-2-3-4-9-15(18)16(19)10-12-11-17-14-8-6-5-7-13(12)14/h5-8,11,15-19H,2-4,9-10H2,1H3. The Labute approximate surface area is 114 Å². The van der Waals surface area contributed by atoms with Crippen LogP contribution in [0, 0.1) is 0 Å². The van der Waals surface area contributed by atoms with Crippen LogP contribution in [0.4, 0.5) is 0 Å². The van der Waals surface area contributed by atoms with Crippen LogP contribution in [0.25, 0.3) is 10.9 Å². The van der Waals surface area contributed by atoms with Gasteiger partial charge >= 0.3 is 0 Å². The molecule has 0 spiro atoms. The monoisotopic (exact) mass is 261 g/mol. The normalized spacial score (nSPS) is 14.7. The third-order valence-electron chi connectivity index (χ3n) is 3.65. The van der Waals surface area contributed by atoms with E-state index in [1.165, 1.54) is 0 Å². The highest BCUT2D eigenvalue weighted by molar-refractivity contribution is 5.83. The summed E-state index contributed by atoms with van der Waals surface area (Å²) in [5, 5.41) is 21.2. The molecule has 3 heteroatoms. The number of hydrogen-bond acceptors (Lipinski definition) is 2. The number of benzene rings is 1. The summed E-state index contributed by atoms with van der Waals surface area (Å²) in [7, 11) is 0. The van der Waals surface area contributed by atoms with Crippen molar-refractivity contribution in [2.45, 2.75) is 51.2 Å². The molecule has 2 rings (SSSR count). The van der Waals surface area contributed by atoms with Gasteiger partial charge in [0.25, 0.3) is 0 Å². The lowest BCUT2D eigenvalue weighted by molar-refractivity contribution is 0.0140. The third kappa shape index (κ3) is 3.58. The molecule has 0 radical (unpaired) electrons. The molecular weight excluding hydrogens is 238 g/mol. The van der Waals surface area contributed by atoms with Crippen molar-refractivity contribution < 1.29 is 10.2 Å². The van der Waals surface area contributed by atoms with Gasteiger partial charge in [0.1, 0.15) is 0 Å². The maximum absolute atomic E-state index is 10.1. The quantitative estimate of drug-likeness (QED) is 0.671. The van der Waals surface area contributed by atoms with Crippen molar-refractivity contribution >= 4 is 10.9 Å². The second kappa shape index (κ2) is 6.73. The van der Waals surface area contributed by atoms with Crippen molar-refractivity contribution in [2.24, 2.45) is 0 Å². The van der Waals surface area contributed by atoms with Crippen molar-refractivity contribution in [3.05, 3.63) is 36.0 Å². The number of aromatic nitrogens is 1. The fraction of sp³-hybridized carbons (Fsp3) is 0.500. The Morgan fingerprint density at radius 1 is 1.11 bits per heavy atom. The van der Waals surface area contributed by atoms with Crippen LogP contribution in [-0.4, -0.2) is 27.4 Å². The van der Waals surface area contributed by atoms with Gasteiger partial charge in [0.05, 0.1) is 12.2 Å². The van der Waals surface area contributed by atoms with Crippen LogP contribution in [0.2, 0.25) is 0 Å². The maximum Gasteiger partial charge on any atom is 0.0840 e. The lowest BCUT2D eigenvalue weighted by Crippen LogP contribution is -2.27. The molecule has 0 fully saturated rings. The zero-order chi connectivity index (χ0) is 13.7. The van der Waals surface area contributed by atoms with Gasteiger partial charge < -0.3 is 15.2 Å². The summed E-state index contributed by atoms with van der Waals surface area (Å²) in [6, 6.07) is 8.03. The molecule has 104 valence electrons. The molecule has 2 atom stereocenters. The number of hydrogen-bond donors (Lipinski definition) is 3. The molecular formula is C16H23NO2. The first kappa shape index (κ1) is 14.1. The van der Waals surface area contributed by atoms with Gasteiger partial charge in [-0.05, 0) is 18.1 Å². The van der Waals surface area contributed by atoms with E-state index in [4.69, 9.17) is 0 Å². The van der Waals surface area contributed by atoms with Gasteiger partial charge in [-0.25, -0.2) is 0 Å². The molecule has 0 saturated carbocycles. The van der Waals surface area contributed by atoms with Gasteiger partial charge in [-0.2, -0.15) is 0 Å². The second-order valence-corrected chi connectivity index (χ2v) is 5.19. The summed E-state index contributed by atoms with van der Waals surface area (Å²) in [4.78, 5) is 3.19. The largest absolute Gasteiger partial charge is 0.390 e. The molecule has 0 bridgehead atoms. The Hall–Kier alpha value is -1.32. The minimum absolute atomic E-state index is 0.497. The number of rotatable bonds is 7. The number of unbranched alkanes of at least 4 members (excludes halogenated alkanes) is 2. The molecule has 2 unspecified atom stereocenters. The highest BCUT2D eigenvalue weighted by atomic mass is 16.3. The van der Waals surface area contributed by atoms with Crippen LogP contribution in [0.3, 0.4) is 0 Å². The van der Waals surface area contributed by atoms with Crippen molar-refractivity contribution in [3.8, 4) is 0 Å². The van der Waals surface area contributed by atoms with Crippen molar-refractivity contribution in [3.63, 3.8) is 0 Å². The summed E-state index contributed by atoms with van der Waals surface area (Å²) >= 11 is 0. The third-order valence-corrected chi connectivity index (χ3v) is 3.65. The summed E-state index contributed by atoms with van der Waals surface area (Å²) in [5.41, 5.74) is 2.14. The van der Waals surface area contributed by atoms with Gasteiger partial charge in [0, 0.05) is 23.5 Å². The minimum Gasteiger partial charge on any atom is -0.390 e. The predicted molar refractivity (Wildman–Crippen MR) is 78.2 cm³/mol. The van der Waals surface area contributed by atoms with E-state index in [-0.39, 0.29) is 0 Å². The number of fused-ring (bicyclic) bond motifs is 1. The van der Waals surface area contributed by atoms with Crippen LogP contribution in [0.15, 0.2) is 30.5 Å². The lowest BCUT2D eigenvalue weighted by atomic mass is 9.99. The average Bonchev–Trinajstić information content (AvgIpc) is 2.82. The van der Waals surface area contributed by atoms with Crippen LogP contribution in [0.5, 0.6) is 0 Å².